The van der Waals surface area contributed by atoms with Gasteiger partial charge in [0, 0.05) is 18.7 Å². The first-order valence-electron chi connectivity index (χ1n) is 7.26. The summed E-state index contributed by atoms with van der Waals surface area (Å²) in [5, 5.41) is 0. The highest BCUT2D eigenvalue weighted by molar-refractivity contribution is 4.87. The Hall–Kier alpha value is -0.120. The van der Waals surface area contributed by atoms with Gasteiger partial charge in [0.2, 0.25) is 0 Å². The molecular weight excluding hydrogens is 212 g/mol. The Labute approximate surface area is 106 Å². The predicted octanol–water partition coefficient (Wildman–Crippen LogP) is 2.00. The molecule has 2 aliphatic rings. The van der Waals surface area contributed by atoms with E-state index < -0.39 is 0 Å². The fourth-order valence-electron chi connectivity index (χ4n) is 3.61. The molecule has 1 heterocycles. The van der Waals surface area contributed by atoms with E-state index in [4.69, 9.17) is 10.5 Å². The Bertz CT molecular complexity index is 234. The second kappa shape index (κ2) is 6.17. The van der Waals surface area contributed by atoms with Crippen LogP contribution in [0.2, 0.25) is 0 Å². The van der Waals surface area contributed by atoms with E-state index in [0.29, 0.717) is 24.1 Å². The second-order valence-corrected chi connectivity index (χ2v) is 5.87. The van der Waals surface area contributed by atoms with Gasteiger partial charge in [0.25, 0.3) is 0 Å². The minimum Gasteiger partial charge on any atom is -0.378 e. The number of hydrogen-bond acceptors (Lipinski definition) is 3. The van der Waals surface area contributed by atoms with E-state index in [0.717, 1.165) is 13.2 Å². The van der Waals surface area contributed by atoms with Gasteiger partial charge < -0.3 is 10.5 Å². The van der Waals surface area contributed by atoms with Gasteiger partial charge in [-0.05, 0) is 52.1 Å². The van der Waals surface area contributed by atoms with Gasteiger partial charge in [-0.15, -0.1) is 0 Å². The van der Waals surface area contributed by atoms with Crippen molar-refractivity contribution in [3.63, 3.8) is 0 Å². The van der Waals surface area contributed by atoms with Gasteiger partial charge in [-0.3, -0.25) is 4.90 Å². The maximum absolute atomic E-state index is 5.94. The molecule has 0 aromatic carbocycles. The minimum absolute atomic E-state index is 0.427. The van der Waals surface area contributed by atoms with Crippen molar-refractivity contribution >= 4 is 0 Å². The van der Waals surface area contributed by atoms with Crippen LogP contribution in [0.25, 0.3) is 0 Å². The van der Waals surface area contributed by atoms with Crippen LogP contribution < -0.4 is 5.73 Å². The second-order valence-electron chi connectivity index (χ2n) is 5.87. The Morgan fingerprint density at radius 3 is 2.71 bits per heavy atom. The van der Waals surface area contributed by atoms with Gasteiger partial charge in [0.15, 0.2) is 0 Å². The molecule has 0 amide bonds. The largest absolute Gasteiger partial charge is 0.378 e. The van der Waals surface area contributed by atoms with Gasteiger partial charge >= 0.3 is 0 Å². The van der Waals surface area contributed by atoms with Crippen molar-refractivity contribution in [3.8, 4) is 0 Å². The van der Waals surface area contributed by atoms with E-state index >= 15 is 0 Å². The number of rotatable bonds is 3. The Kier molecular flexibility index (Phi) is 4.83. The van der Waals surface area contributed by atoms with E-state index in [9.17, 15) is 0 Å². The highest BCUT2D eigenvalue weighted by Crippen LogP contribution is 2.30. The maximum atomic E-state index is 5.94. The average Bonchev–Trinajstić information content (AvgIpc) is 2.38. The van der Waals surface area contributed by atoms with Crippen LogP contribution in [0.1, 0.15) is 45.4 Å². The zero-order valence-electron chi connectivity index (χ0n) is 11.4. The van der Waals surface area contributed by atoms with Crippen molar-refractivity contribution in [2.24, 2.45) is 11.7 Å². The van der Waals surface area contributed by atoms with E-state index in [1.165, 1.54) is 38.5 Å². The summed E-state index contributed by atoms with van der Waals surface area (Å²) in [5.74, 6) is 0.715. The summed E-state index contributed by atoms with van der Waals surface area (Å²) in [6.45, 7) is 3.98. The lowest BCUT2D eigenvalue weighted by Gasteiger charge is -2.43. The van der Waals surface area contributed by atoms with Gasteiger partial charge in [-0.1, -0.05) is 12.8 Å². The lowest BCUT2D eigenvalue weighted by molar-refractivity contribution is -0.0311. The molecule has 100 valence electrons. The molecule has 2 fully saturated rings. The molecule has 17 heavy (non-hydrogen) atoms. The summed E-state index contributed by atoms with van der Waals surface area (Å²) < 4.78 is 5.65. The summed E-state index contributed by atoms with van der Waals surface area (Å²) in [7, 11) is 2.31. The summed E-state index contributed by atoms with van der Waals surface area (Å²) in [6, 6.07) is 1.42. The molecule has 0 bridgehead atoms. The Morgan fingerprint density at radius 2 is 2.00 bits per heavy atom. The lowest BCUT2D eigenvalue weighted by Crippen LogP contribution is -2.50. The van der Waals surface area contributed by atoms with Gasteiger partial charge in [-0.2, -0.15) is 0 Å². The fraction of sp³-hybridized carbons (Fsp3) is 1.00. The van der Waals surface area contributed by atoms with Crippen LogP contribution in [0.5, 0.6) is 0 Å². The molecule has 1 aliphatic heterocycles. The molecule has 1 aliphatic carbocycles. The van der Waals surface area contributed by atoms with Crippen molar-refractivity contribution in [1.82, 2.24) is 4.90 Å². The molecule has 3 nitrogen and oxygen atoms in total. The first-order chi connectivity index (χ1) is 8.22. The van der Waals surface area contributed by atoms with Crippen LogP contribution in [0.3, 0.4) is 0 Å². The highest BCUT2D eigenvalue weighted by atomic mass is 16.5. The van der Waals surface area contributed by atoms with Crippen molar-refractivity contribution < 1.29 is 4.74 Å². The third-order valence-electron chi connectivity index (χ3n) is 4.73. The monoisotopic (exact) mass is 240 g/mol. The normalized spacial score (nSPS) is 39.5. The van der Waals surface area contributed by atoms with Gasteiger partial charge in [0.1, 0.15) is 0 Å². The first-order valence-corrected chi connectivity index (χ1v) is 7.26. The average molecular weight is 240 g/mol. The van der Waals surface area contributed by atoms with Crippen LogP contribution >= 0.6 is 0 Å². The molecule has 2 N–H and O–H groups in total. The molecule has 0 aromatic heterocycles. The zero-order valence-corrected chi connectivity index (χ0v) is 11.4. The van der Waals surface area contributed by atoms with Crippen LogP contribution in [0.4, 0.5) is 0 Å². The quantitative estimate of drug-likeness (QED) is 0.820. The number of ether oxygens (including phenoxy) is 1. The highest BCUT2D eigenvalue weighted by Gasteiger charge is 2.32. The van der Waals surface area contributed by atoms with Crippen LogP contribution in [-0.2, 0) is 4.74 Å². The van der Waals surface area contributed by atoms with Crippen molar-refractivity contribution in [1.29, 1.82) is 0 Å². The van der Waals surface area contributed by atoms with E-state index in [1.54, 1.807) is 0 Å². The SMILES string of the molecule is CC1CC(N(C)C2CCCCC2CN)CCO1. The summed E-state index contributed by atoms with van der Waals surface area (Å²) in [5.41, 5.74) is 5.94. The number of nitrogens with zero attached hydrogens (tertiary/aromatic N) is 1. The van der Waals surface area contributed by atoms with Gasteiger partial charge in [0.05, 0.1) is 6.10 Å². The first kappa shape index (κ1) is 13.3. The Balaban J connectivity index is 1.94. The molecule has 4 atom stereocenters. The third kappa shape index (κ3) is 3.21. The van der Waals surface area contributed by atoms with Crippen LogP contribution in [0, 0.1) is 5.92 Å². The topological polar surface area (TPSA) is 38.5 Å². The lowest BCUT2D eigenvalue weighted by atomic mass is 9.82. The van der Waals surface area contributed by atoms with E-state index in [1.807, 2.05) is 0 Å². The summed E-state index contributed by atoms with van der Waals surface area (Å²) in [6.07, 6.45) is 8.21. The molecular formula is C14H28N2O. The van der Waals surface area contributed by atoms with E-state index in [2.05, 4.69) is 18.9 Å². The molecule has 1 saturated heterocycles. The number of hydrogen-bond donors (Lipinski definition) is 1. The van der Waals surface area contributed by atoms with Crippen LogP contribution in [0.15, 0.2) is 0 Å². The van der Waals surface area contributed by atoms with Crippen molar-refractivity contribution in [3.05, 3.63) is 0 Å². The maximum Gasteiger partial charge on any atom is 0.0561 e. The predicted molar refractivity (Wildman–Crippen MR) is 71.0 cm³/mol. The summed E-state index contributed by atoms with van der Waals surface area (Å²) in [4.78, 5) is 2.62. The molecule has 4 unspecified atom stereocenters. The van der Waals surface area contributed by atoms with E-state index in [-0.39, 0.29) is 0 Å². The van der Waals surface area contributed by atoms with Crippen molar-refractivity contribution in [2.45, 2.75) is 63.6 Å². The number of nitrogens with two attached hydrogens (primary N) is 1. The smallest absolute Gasteiger partial charge is 0.0561 e. The third-order valence-corrected chi connectivity index (χ3v) is 4.73. The molecule has 2 rings (SSSR count). The molecule has 0 spiro atoms. The van der Waals surface area contributed by atoms with Crippen molar-refractivity contribution in [2.75, 3.05) is 20.2 Å². The molecule has 1 saturated carbocycles. The fourth-order valence-corrected chi connectivity index (χ4v) is 3.61. The van der Waals surface area contributed by atoms with Crippen LogP contribution in [-0.4, -0.2) is 43.3 Å². The molecule has 0 radical (unpaired) electrons. The zero-order chi connectivity index (χ0) is 12.3. The molecule has 3 heteroatoms. The van der Waals surface area contributed by atoms with Gasteiger partial charge in [-0.25, -0.2) is 0 Å². The molecule has 0 aromatic rings. The summed E-state index contributed by atoms with van der Waals surface area (Å²) >= 11 is 0. The standard InChI is InChI=1S/C14H28N2O/c1-11-9-13(7-8-17-11)16(2)14-6-4-3-5-12(14)10-15/h11-14H,3-10,15H2,1-2H3. The minimum atomic E-state index is 0.427. The Morgan fingerprint density at radius 1 is 1.24 bits per heavy atom.